The van der Waals surface area contributed by atoms with Crippen LogP contribution in [0.15, 0.2) is 29.3 Å². The number of nitrogens with one attached hydrogen (secondary N) is 3. The zero-order valence-electron chi connectivity index (χ0n) is 17.2. The number of benzene rings is 1. The van der Waals surface area contributed by atoms with Crippen LogP contribution < -0.4 is 15.5 Å². The van der Waals surface area contributed by atoms with Gasteiger partial charge in [-0.15, -0.1) is 0 Å². The Hall–Kier alpha value is -2.92. The van der Waals surface area contributed by atoms with Gasteiger partial charge in [-0.1, -0.05) is 0 Å². The minimum atomic E-state index is -3.49. The predicted octanol–water partition coefficient (Wildman–Crippen LogP) is 2.04. The minimum absolute atomic E-state index is 0.0215. The van der Waals surface area contributed by atoms with E-state index < -0.39 is 9.84 Å². The maximum atomic E-state index is 12.1. The van der Waals surface area contributed by atoms with E-state index in [2.05, 4.69) is 35.7 Å². The third-order valence-corrected chi connectivity index (χ3v) is 6.66. The van der Waals surface area contributed by atoms with Crippen molar-refractivity contribution in [1.82, 2.24) is 20.2 Å². The quantitative estimate of drug-likeness (QED) is 0.451. The summed E-state index contributed by atoms with van der Waals surface area (Å²) in [6.07, 6.45) is 4.54. The van der Waals surface area contributed by atoms with Crippen molar-refractivity contribution in [1.29, 1.82) is 0 Å². The van der Waals surface area contributed by atoms with Crippen molar-refractivity contribution in [3.05, 3.63) is 24.3 Å². The highest BCUT2D eigenvalue weighted by Gasteiger charge is 2.27. The maximum absolute atomic E-state index is 12.1. The van der Waals surface area contributed by atoms with Gasteiger partial charge in [0.1, 0.15) is 11.2 Å². The highest BCUT2D eigenvalue weighted by Crippen LogP contribution is 2.32. The fourth-order valence-electron chi connectivity index (χ4n) is 3.76. The lowest BCUT2D eigenvalue weighted by Crippen LogP contribution is -2.35. The molecule has 4 N–H and O–H groups in total. The van der Waals surface area contributed by atoms with Gasteiger partial charge in [0, 0.05) is 36.8 Å². The first-order valence-corrected chi connectivity index (χ1v) is 12.3. The van der Waals surface area contributed by atoms with Crippen molar-refractivity contribution < 1.29 is 13.5 Å². The zero-order chi connectivity index (χ0) is 21.6. The van der Waals surface area contributed by atoms with Crippen molar-refractivity contribution in [2.24, 2.45) is 0 Å². The average molecular weight is 444 g/mol. The molecule has 1 saturated carbocycles. The lowest BCUT2D eigenvalue weighted by molar-refractivity contribution is 0.145. The Morgan fingerprint density at radius 1 is 1.10 bits per heavy atom. The second kappa shape index (κ2) is 7.65. The van der Waals surface area contributed by atoms with Gasteiger partial charge in [0.15, 0.2) is 20.5 Å². The van der Waals surface area contributed by atoms with Crippen LogP contribution in [-0.4, -0.2) is 65.2 Å². The Morgan fingerprint density at radius 2 is 1.81 bits per heavy atom. The molecule has 0 amide bonds. The summed E-state index contributed by atoms with van der Waals surface area (Å²) in [5.74, 6) is 0.809. The molecule has 2 aliphatic rings. The Labute approximate surface area is 180 Å². The van der Waals surface area contributed by atoms with Gasteiger partial charge in [0.2, 0.25) is 5.95 Å². The van der Waals surface area contributed by atoms with E-state index in [1.807, 2.05) is 24.3 Å². The molecule has 5 rings (SSSR count). The molecule has 2 fully saturated rings. The molecule has 0 spiro atoms. The minimum Gasteiger partial charge on any atom is -0.393 e. The first kappa shape index (κ1) is 20.0. The fourth-order valence-corrected chi connectivity index (χ4v) is 4.53. The van der Waals surface area contributed by atoms with Crippen LogP contribution in [0.25, 0.3) is 11.0 Å². The van der Waals surface area contributed by atoms with Crippen LogP contribution in [0.2, 0.25) is 0 Å². The molecule has 31 heavy (non-hydrogen) atoms. The van der Waals surface area contributed by atoms with Crippen molar-refractivity contribution >= 4 is 44.0 Å². The van der Waals surface area contributed by atoms with Crippen molar-refractivity contribution in [3.8, 4) is 0 Å². The topological polar surface area (TPSA) is 136 Å². The zero-order valence-corrected chi connectivity index (χ0v) is 18.0. The highest BCUT2D eigenvalue weighted by molar-refractivity contribution is 7.90. The standard InChI is InChI=1S/C20H25N7O3S/c1-31(29,30)19-16-17(21-12-2-3-12)23-20(24-18(16)25-26-19)22-13-4-6-14(7-5-13)27-10-8-15(28)9-11-27/h4-7,12,15,28H,2-3,8-11H2,1H3,(H3,21,22,23,24,25,26). The van der Waals surface area contributed by atoms with E-state index in [1.165, 1.54) is 0 Å². The van der Waals surface area contributed by atoms with Gasteiger partial charge in [-0.2, -0.15) is 15.1 Å². The number of aromatic amines is 1. The lowest BCUT2D eigenvalue weighted by atomic mass is 10.1. The normalized spacial score (nSPS) is 17.8. The van der Waals surface area contributed by atoms with E-state index in [1.54, 1.807) is 0 Å². The molecule has 3 aromatic rings. The molecule has 11 heteroatoms. The molecule has 10 nitrogen and oxygen atoms in total. The highest BCUT2D eigenvalue weighted by atomic mass is 32.2. The monoisotopic (exact) mass is 443 g/mol. The molecule has 1 saturated heterocycles. The van der Waals surface area contributed by atoms with E-state index in [9.17, 15) is 13.5 Å². The number of aliphatic hydroxyl groups is 1. The van der Waals surface area contributed by atoms with Crippen LogP contribution >= 0.6 is 0 Å². The molecule has 0 unspecified atom stereocenters. The number of sulfone groups is 1. The summed E-state index contributed by atoms with van der Waals surface area (Å²) in [6.45, 7) is 1.68. The summed E-state index contributed by atoms with van der Waals surface area (Å²) in [6, 6.07) is 8.25. The molecule has 0 bridgehead atoms. The van der Waals surface area contributed by atoms with Gasteiger partial charge in [-0.05, 0) is 49.9 Å². The Balaban J connectivity index is 1.41. The molecule has 0 radical (unpaired) electrons. The van der Waals surface area contributed by atoms with Crippen LogP contribution in [0.1, 0.15) is 25.7 Å². The second-order valence-electron chi connectivity index (χ2n) is 8.23. The van der Waals surface area contributed by atoms with Gasteiger partial charge in [-0.25, -0.2) is 8.42 Å². The van der Waals surface area contributed by atoms with Crippen molar-refractivity contribution in [2.75, 3.05) is 34.9 Å². The van der Waals surface area contributed by atoms with Gasteiger partial charge in [0.25, 0.3) is 0 Å². The number of nitrogens with zero attached hydrogens (tertiary/aromatic N) is 4. The van der Waals surface area contributed by atoms with Crippen LogP contribution in [0.3, 0.4) is 0 Å². The summed E-state index contributed by atoms with van der Waals surface area (Å²) in [7, 11) is -3.49. The summed E-state index contributed by atoms with van der Waals surface area (Å²) < 4.78 is 24.3. The average Bonchev–Trinajstić information content (AvgIpc) is 3.43. The molecule has 2 aromatic heterocycles. The largest absolute Gasteiger partial charge is 0.393 e. The third-order valence-electron chi connectivity index (χ3n) is 5.62. The number of hydrogen-bond donors (Lipinski definition) is 4. The Bertz CT molecular complexity index is 1200. The van der Waals surface area contributed by atoms with E-state index >= 15 is 0 Å². The van der Waals surface area contributed by atoms with Crippen molar-refractivity contribution in [3.63, 3.8) is 0 Å². The van der Waals surface area contributed by atoms with Gasteiger partial charge < -0.3 is 20.6 Å². The molecular formula is C20H25N7O3S. The summed E-state index contributed by atoms with van der Waals surface area (Å²) >= 11 is 0. The molecular weight excluding hydrogens is 418 g/mol. The number of aliphatic hydroxyl groups excluding tert-OH is 1. The van der Waals surface area contributed by atoms with Crippen LogP contribution in [-0.2, 0) is 9.84 Å². The molecule has 0 atom stereocenters. The number of rotatable bonds is 6. The number of fused-ring (bicyclic) bond motifs is 1. The molecule has 1 aliphatic heterocycles. The van der Waals surface area contributed by atoms with Crippen LogP contribution in [0.4, 0.5) is 23.1 Å². The van der Waals surface area contributed by atoms with Crippen LogP contribution in [0, 0.1) is 0 Å². The lowest BCUT2D eigenvalue weighted by Gasteiger charge is -2.31. The number of H-pyrrole nitrogens is 1. The van der Waals surface area contributed by atoms with E-state index in [4.69, 9.17) is 0 Å². The Kier molecular flexibility index (Phi) is 4.94. The third kappa shape index (κ3) is 4.28. The van der Waals surface area contributed by atoms with E-state index in [0.29, 0.717) is 22.8 Å². The first-order chi connectivity index (χ1) is 14.9. The number of aromatic nitrogens is 4. The Morgan fingerprint density at radius 3 is 2.45 bits per heavy atom. The molecule has 164 valence electrons. The SMILES string of the molecule is CS(=O)(=O)c1[nH]nc2nc(Nc3ccc(N4CCC(O)CC4)cc3)nc(NC3CC3)c12. The summed E-state index contributed by atoms with van der Waals surface area (Å²) in [5.41, 5.74) is 2.22. The van der Waals surface area contributed by atoms with E-state index in [-0.39, 0.29) is 17.2 Å². The van der Waals surface area contributed by atoms with E-state index in [0.717, 1.165) is 56.4 Å². The predicted molar refractivity (Wildman–Crippen MR) is 119 cm³/mol. The van der Waals surface area contributed by atoms with Gasteiger partial charge >= 0.3 is 0 Å². The second-order valence-corrected chi connectivity index (χ2v) is 10.2. The smallest absolute Gasteiger partial charge is 0.231 e. The fraction of sp³-hybridized carbons (Fsp3) is 0.450. The number of anilines is 4. The maximum Gasteiger partial charge on any atom is 0.231 e. The molecule has 3 heterocycles. The van der Waals surface area contributed by atoms with Crippen LogP contribution in [0.5, 0.6) is 0 Å². The summed E-state index contributed by atoms with van der Waals surface area (Å²) in [4.78, 5) is 11.2. The number of hydrogen-bond acceptors (Lipinski definition) is 9. The van der Waals surface area contributed by atoms with Gasteiger partial charge in [0.05, 0.1) is 6.10 Å². The van der Waals surface area contributed by atoms with Crippen molar-refractivity contribution in [2.45, 2.75) is 42.9 Å². The summed E-state index contributed by atoms with van der Waals surface area (Å²) in [5, 5.41) is 23.3. The molecule has 1 aromatic carbocycles. The van der Waals surface area contributed by atoms with Gasteiger partial charge in [-0.3, -0.25) is 5.10 Å². The number of piperidine rings is 1. The molecule has 1 aliphatic carbocycles. The first-order valence-electron chi connectivity index (χ1n) is 10.4.